The van der Waals surface area contributed by atoms with Crippen LogP contribution < -0.4 is 0 Å². The van der Waals surface area contributed by atoms with Crippen LogP contribution in [0.5, 0.6) is 5.75 Å². The molecule has 2 heteroatoms. The SMILES string of the molecule is OCCC1CCc2c(ccc3c2ccc2ccccc23)C1.Oc1ccc2ccccc2c1. The van der Waals surface area contributed by atoms with Gasteiger partial charge in [-0.05, 0) is 87.2 Å². The van der Waals surface area contributed by atoms with E-state index in [1.54, 1.807) is 12.1 Å². The Morgan fingerprint density at radius 1 is 0.688 bits per heavy atom. The predicted octanol–water partition coefficient (Wildman–Crippen LogP) is 7.03. The summed E-state index contributed by atoms with van der Waals surface area (Å²) in [7, 11) is 0. The third-order valence-corrected chi connectivity index (χ3v) is 6.72. The normalized spacial score (nSPS) is 15.3. The first kappa shape index (κ1) is 20.5. The molecule has 0 saturated carbocycles. The highest BCUT2D eigenvalue weighted by molar-refractivity contribution is 6.08. The highest BCUT2D eigenvalue weighted by atomic mass is 16.3. The molecule has 160 valence electrons. The summed E-state index contributed by atoms with van der Waals surface area (Å²) in [6, 6.07) is 31.1. The van der Waals surface area contributed by atoms with Crippen LogP contribution in [0, 0.1) is 5.92 Å². The van der Waals surface area contributed by atoms with Gasteiger partial charge in [0.2, 0.25) is 0 Å². The molecule has 6 rings (SSSR count). The summed E-state index contributed by atoms with van der Waals surface area (Å²) in [6.45, 7) is 0.318. The van der Waals surface area contributed by atoms with Gasteiger partial charge in [0.1, 0.15) is 5.75 Å². The standard InChI is InChI=1S/C20H20O.C10H8O/c21-12-11-14-5-8-18-16(13-14)7-10-19-17-4-2-1-3-15(17)6-9-20(18)19;11-10-6-5-8-3-1-2-4-9(8)7-10/h1-4,6-7,9-10,14,21H,5,8,11-13H2;1-7,11H. The second kappa shape index (κ2) is 9.02. The Morgan fingerprint density at radius 3 is 2.25 bits per heavy atom. The fraction of sp³-hybridized carbons (Fsp3) is 0.200. The van der Waals surface area contributed by atoms with Crippen molar-refractivity contribution in [3.8, 4) is 5.75 Å². The fourth-order valence-corrected chi connectivity index (χ4v) is 5.05. The Kier molecular flexibility index (Phi) is 5.79. The second-order valence-electron chi connectivity index (χ2n) is 8.74. The van der Waals surface area contributed by atoms with Crippen LogP contribution in [0.15, 0.2) is 91.0 Å². The van der Waals surface area contributed by atoms with Crippen molar-refractivity contribution < 1.29 is 10.2 Å². The molecular formula is C30H28O2. The van der Waals surface area contributed by atoms with Gasteiger partial charge < -0.3 is 10.2 Å². The molecule has 0 saturated heterocycles. The minimum absolute atomic E-state index is 0.318. The monoisotopic (exact) mass is 420 g/mol. The number of aliphatic hydroxyl groups is 1. The molecule has 0 aliphatic heterocycles. The summed E-state index contributed by atoms with van der Waals surface area (Å²) >= 11 is 0. The van der Waals surface area contributed by atoms with Crippen molar-refractivity contribution in [3.63, 3.8) is 0 Å². The molecule has 5 aromatic rings. The molecule has 0 aromatic heterocycles. The summed E-state index contributed by atoms with van der Waals surface area (Å²) < 4.78 is 0. The molecule has 0 radical (unpaired) electrons. The van der Waals surface area contributed by atoms with Crippen LogP contribution in [0.4, 0.5) is 0 Å². The van der Waals surface area contributed by atoms with Gasteiger partial charge in [-0.15, -0.1) is 0 Å². The quantitative estimate of drug-likeness (QED) is 0.301. The van der Waals surface area contributed by atoms with Gasteiger partial charge in [-0.25, -0.2) is 0 Å². The number of hydrogen-bond acceptors (Lipinski definition) is 2. The molecule has 2 nitrogen and oxygen atoms in total. The first-order valence-corrected chi connectivity index (χ1v) is 11.4. The van der Waals surface area contributed by atoms with E-state index in [2.05, 4.69) is 48.5 Å². The van der Waals surface area contributed by atoms with Crippen molar-refractivity contribution >= 4 is 32.3 Å². The number of aromatic hydroxyl groups is 1. The lowest BCUT2D eigenvalue weighted by Gasteiger charge is -2.25. The summed E-state index contributed by atoms with van der Waals surface area (Å²) in [4.78, 5) is 0. The molecule has 0 heterocycles. The molecule has 32 heavy (non-hydrogen) atoms. The van der Waals surface area contributed by atoms with E-state index in [0.29, 0.717) is 18.3 Å². The van der Waals surface area contributed by atoms with E-state index in [1.807, 2.05) is 30.3 Å². The summed E-state index contributed by atoms with van der Waals surface area (Å²) in [5, 5.41) is 26.0. The van der Waals surface area contributed by atoms with Crippen molar-refractivity contribution in [1.29, 1.82) is 0 Å². The van der Waals surface area contributed by atoms with Gasteiger partial charge >= 0.3 is 0 Å². The average molecular weight is 421 g/mol. The van der Waals surface area contributed by atoms with Crippen LogP contribution in [0.3, 0.4) is 0 Å². The molecule has 0 fully saturated rings. The largest absolute Gasteiger partial charge is 0.508 e. The zero-order valence-corrected chi connectivity index (χ0v) is 18.2. The Hall–Kier alpha value is -3.36. The van der Waals surface area contributed by atoms with Gasteiger partial charge in [-0.2, -0.15) is 0 Å². The second-order valence-corrected chi connectivity index (χ2v) is 8.74. The summed E-state index contributed by atoms with van der Waals surface area (Å²) in [6.07, 6.45) is 4.42. The molecule has 0 spiro atoms. The topological polar surface area (TPSA) is 40.5 Å². The molecule has 0 bridgehead atoms. The molecule has 5 aromatic carbocycles. The maximum absolute atomic E-state index is 9.16. The van der Waals surface area contributed by atoms with Gasteiger partial charge in [0.25, 0.3) is 0 Å². The predicted molar refractivity (Wildman–Crippen MR) is 134 cm³/mol. The van der Waals surface area contributed by atoms with Gasteiger partial charge in [-0.1, -0.05) is 78.9 Å². The van der Waals surface area contributed by atoms with Crippen molar-refractivity contribution in [2.24, 2.45) is 5.92 Å². The van der Waals surface area contributed by atoms with Crippen molar-refractivity contribution in [2.45, 2.75) is 25.7 Å². The highest BCUT2D eigenvalue weighted by Gasteiger charge is 2.20. The van der Waals surface area contributed by atoms with Crippen LogP contribution in [-0.2, 0) is 12.8 Å². The number of phenolic OH excluding ortho intramolecular Hbond substituents is 1. The highest BCUT2D eigenvalue weighted by Crippen LogP contribution is 2.35. The third-order valence-electron chi connectivity index (χ3n) is 6.72. The van der Waals surface area contributed by atoms with Crippen LogP contribution in [0.1, 0.15) is 24.0 Å². The molecule has 1 atom stereocenters. The Bertz CT molecular complexity index is 1390. The smallest absolute Gasteiger partial charge is 0.116 e. The van der Waals surface area contributed by atoms with Crippen LogP contribution in [0.2, 0.25) is 0 Å². The van der Waals surface area contributed by atoms with E-state index in [-0.39, 0.29) is 0 Å². The maximum atomic E-state index is 9.16. The summed E-state index contributed by atoms with van der Waals surface area (Å²) in [5.41, 5.74) is 3.02. The van der Waals surface area contributed by atoms with Crippen molar-refractivity contribution in [2.75, 3.05) is 6.61 Å². The zero-order chi connectivity index (χ0) is 21.9. The lowest BCUT2D eigenvalue weighted by molar-refractivity contribution is 0.248. The molecule has 1 aliphatic carbocycles. The average Bonchev–Trinajstić information content (AvgIpc) is 2.84. The van der Waals surface area contributed by atoms with E-state index < -0.39 is 0 Å². The Labute approximate surface area is 188 Å². The van der Waals surface area contributed by atoms with Gasteiger partial charge in [0.15, 0.2) is 0 Å². The minimum atomic E-state index is 0.318. The number of aryl methyl sites for hydroxylation is 1. The van der Waals surface area contributed by atoms with E-state index in [4.69, 9.17) is 10.2 Å². The van der Waals surface area contributed by atoms with E-state index in [9.17, 15) is 0 Å². The lowest BCUT2D eigenvalue weighted by atomic mass is 9.80. The van der Waals surface area contributed by atoms with Gasteiger partial charge in [0.05, 0.1) is 0 Å². The lowest BCUT2D eigenvalue weighted by Crippen LogP contribution is -2.15. The third kappa shape index (κ3) is 4.06. The first-order valence-electron chi connectivity index (χ1n) is 11.4. The van der Waals surface area contributed by atoms with Crippen molar-refractivity contribution in [1.82, 2.24) is 0 Å². The first-order chi connectivity index (χ1) is 15.7. The number of phenols is 1. The molecule has 1 aliphatic rings. The molecule has 1 unspecified atom stereocenters. The number of aliphatic hydroxyl groups excluding tert-OH is 1. The van der Waals surface area contributed by atoms with Crippen LogP contribution >= 0.6 is 0 Å². The number of hydrogen-bond donors (Lipinski definition) is 2. The van der Waals surface area contributed by atoms with E-state index >= 15 is 0 Å². The molecule has 2 N–H and O–H groups in total. The Balaban J connectivity index is 0.000000165. The Morgan fingerprint density at radius 2 is 1.41 bits per heavy atom. The molecular weight excluding hydrogens is 392 g/mol. The zero-order valence-electron chi connectivity index (χ0n) is 18.2. The number of fused-ring (bicyclic) bond motifs is 6. The van der Waals surface area contributed by atoms with Gasteiger partial charge in [-0.3, -0.25) is 0 Å². The van der Waals surface area contributed by atoms with Crippen molar-refractivity contribution in [3.05, 3.63) is 102 Å². The maximum Gasteiger partial charge on any atom is 0.116 e. The van der Waals surface area contributed by atoms with Crippen LogP contribution in [0.25, 0.3) is 32.3 Å². The minimum Gasteiger partial charge on any atom is -0.508 e. The number of benzene rings is 5. The summed E-state index contributed by atoms with van der Waals surface area (Å²) in [5.74, 6) is 0.976. The fourth-order valence-electron chi connectivity index (χ4n) is 5.05. The van der Waals surface area contributed by atoms with Gasteiger partial charge in [0, 0.05) is 6.61 Å². The van der Waals surface area contributed by atoms with E-state index in [0.717, 1.165) is 30.0 Å². The van der Waals surface area contributed by atoms with E-state index in [1.165, 1.54) is 39.1 Å². The van der Waals surface area contributed by atoms with Crippen LogP contribution in [-0.4, -0.2) is 16.8 Å². The number of rotatable bonds is 2. The molecule has 0 amide bonds.